The van der Waals surface area contributed by atoms with Crippen LogP contribution in [0.1, 0.15) is 23.6 Å². The first-order valence-electron chi connectivity index (χ1n) is 7.78. The molecule has 0 fully saturated rings. The van der Waals surface area contributed by atoms with Crippen LogP contribution >= 0.6 is 0 Å². The smallest absolute Gasteiger partial charge is 0.311 e. The molecule has 0 saturated heterocycles. The van der Waals surface area contributed by atoms with Gasteiger partial charge in [0.05, 0.1) is 22.6 Å². The van der Waals surface area contributed by atoms with Crippen molar-refractivity contribution in [1.29, 1.82) is 0 Å². The van der Waals surface area contributed by atoms with Gasteiger partial charge in [0.25, 0.3) is 10.0 Å². The van der Waals surface area contributed by atoms with Gasteiger partial charge in [-0.15, -0.1) is 0 Å². The van der Waals surface area contributed by atoms with Crippen LogP contribution in [0.3, 0.4) is 0 Å². The highest BCUT2D eigenvalue weighted by Gasteiger charge is 2.16. The molecule has 138 valence electrons. The molecule has 8 nitrogen and oxygen atoms in total. The van der Waals surface area contributed by atoms with Crippen molar-refractivity contribution in [3.8, 4) is 5.75 Å². The van der Waals surface area contributed by atoms with E-state index in [2.05, 4.69) is 9.93 Å². The first-order chi connectivity index (χ1) is 12.2. The molecule has 2 rings (SSSR count). The van der Waals surface area contributed by atoms with Gasteiger partial charge in [-0.2, -0.15) is 13.5 Å². The van der Waals surface area contributed by atoms with Crippen LogP contribution in [0.4, 0.5) is 5.69 Å². The molecule has 9 heteroatoms. The van der Waals surface area contributed by atoms with Crippen molar-refractivity contribution in [3.63, 3.8) is 0 Å². The van der Waals surface area contributed by atoms with Crippen molar-refractivity contribution in [2.75, 3.05) is 6.61 Å². The summed E-state index contributed by atoms with van der Waals surface area (Å²) in [4.78, 5) is 12.7. The summed E-state index contributed by atoms with van der Waals surface area (Å²) in [7, 11) is -3.82. The quantitative estimate of drug-likeness (QED) is 0.453. The molecule has 1 N–H and O–H groups in total. The van der Waals surface area contributed by atoms with Gasteiger partial charge in [-0.3, -0.25) is 10.1 Å². The SMILES string of the molecule is CCOc1ccc(/C=N/NS(=O)(=O)c2ccc(C)c(C)c2)cc1[N+](=O)[O-]. The van der Waals surface area contributed by atoms with Gasteiger partial charge in [0.15, 0.2) is 5.75 Å². The second-order valence-corrected chi connectivity index (χ2v) is 7.18. The number of benzene rings is 2. The lowest BCUT2D eigenvalue weighted by atomic mass is 10.1. The fourth-order valence-electron chi connectivity index (χ4n) is 2.14. The van der Waals surface area contributed by atoms with Crippen LogP contribution in [-0.4, -0.2) is 26.2 Å². The van der Waals surface area contributed by atoms with Gasteiger partial charge in [0, 0.05) is 11.6 Å². The molecule has 0 aromatic heterocycles. The predicted octanol–water partition coefficient (Wildman–Crippen LogP) is 2.92. The van der Waals surface area contributed by atoms with Crippen LogP contribution in [0.5, 0.6) is 5.75 Å². The molecule has 0 bridgehead atoms. The molecule has 0 aliphatic rings. The second-order valence-electron chi connectivity index (χ2n) is 5.52. The van der Waals surface area contributed by atoms with E-state index < -0.39 is 14.9 Å². The minimum atomic E-state index is -3.82. The Kier molecular flexibility index (Phi) is 5.93. The topological polar surface area (TPSA) is 111 Å². The molecule has 2 aromatic carbocycles. The van der Waals surface area contributed by atoms with Crippen molar-refractivity contribution in [1.82, 2.24) is 4.83 Å². The summed E-state index contributed by atoms with van der Waals surface area (Å²) >= 11 is 0. The standard InChI is InChI=1S/C17H19N3O5S/c1-4-25-17-8-6-14(10-16(17)20(21)22)11-18-19-26(23,24)15-7-5-12(2)13(3)9-15/h5-11,19H,4H2,1-3H3/b18-11+. The van der Waals surface area contributed by atoms with Gasteiger partial charge in [-0.25, -0.2) is 4.83 Å². The maximum atomic E-state index is 12.2. The summed E-state index contributed by atoms with van der Waals surface area (Å²) in [5.41, 5.74) is 1.98. The average Bonchev–Trinajstić information content (AvgIpc) is 2.58. The monoisotopic (exact) mass is 377 g/mol. The van der Waals surface area contributed by atoms with E-state index in [1.807, 2.05) is 13.8 Å². The van der Waals surface area contributed by atoms with E-state index in [1.165, 1.54) is 24.4 Å². The normalized spacial score (nSPS) is 11.5. The van der Waals surface area contributed by atoms with E-state index in [0.717, 1.165) is 11.1 Å². The first-order valence-corrected chi connectivity index (χ1v) is 9.26. The Morgan fingerprint density at radius 3 is 2.54 bits per heavy atom. The molecule has 0 unspecified atom stereocenters. The zero-order chi connectivity index (χ0) is 19.3. The van der Waals surface area contributed by atoms with E-state index in [1.54, 1.807) is 25.1 Å². The van der Waals surface area contributed by atoms with Gasteiger partial charge in [-0.1, -0.05) is 6.07 Å². The average molecular weight is 377 g/mol. The zero-order valence-corrected chi connectivity index (χ0v) is 15.4. The summed E-state index contributed by atoms with van der Waals surface area (Å²) in [6, 6.07) is 9.01. The van der Waals surface area contributed by atoms with Gasteiger partial charge < -0.3 is 4.74 Å². The van der Waals surface area contributed by atoms with Crippen LogP contribution in [-0.2, 0) is 10.0 Å². The highest BCUT2D eigenvalue weighted by Crippen LogP contribution is 2.27. The minimum absolute atomic E-state index is 0.0930. The van der Waals surface area contributed by atoms with E-state index in [9.17, 15) is 18.5 Å². The number of nitro benzene ring substituents is 1. The maximum Gasteiger partial charge on any atom is 0.311 e. The van der Waals surface area contributed by atoms with Crippen molar-refractivity contribution >= 4 is 21.9 Å². The number of hydrogen-bond donors (Lipinski definition) is 1. The van der Waals surface area contributed by atoms with E-state index >= 15 is 0 Å². The molecule has 0 amide bonds. The molecule has 2 aromatic rings. The third-order valence-electron chi connectivity index (χ3n) is 3.65. The Bertz CT molecular complexity index is 955. The third-order valence-corrected chi connectivity index (χ3v) is 4.88. The van der Waals surface area contributed by atoms with E-state index in [4.69, 9.17) is 4.74 Å². The summed E-state index contributed by atoms with van der Waals surface area (Å²) in [5.74, 6) is 0.144. The first kappa shape index (κ1) is 19.4. The minimum Gasteiger partial charge on any atom is -0.487 e. The largest absolute Gasteiger partial charge is 0.487 e. The highest BCUT2D eigenvalue weighted by molar-refractivity contribution is 7.89. The molecule has 26 heavy (non-hydrogen) atoms. The van der Waals surface area contributed by atoms with Crippen LogP contribution in [0.15, 0.2) is 46.4 Å². The Labute approximate surface area is 151 Å². The van der Waals surface area contributed by atoms with E-state index in [-0.39, 0.29) is 16.3 Å². The number of ether oxygens (including phenoxy) is 1. The summed E-state index contributed by atoms with van der Waals surface area (Å²) < 4.78 is 29.7. The summed E-state index contributed by atoms with van der Waals surface area (Å²) in [6.45, 7) is 5.72. The van der Waals surface area contributed by atoms with Crippen LogP contribution in [0, 0.1) is 24.0 Å². The number of aryl methyl sites for hydroxylation is 2. The number of hydrazone groups is 1. The Hall–Kier alpha value is -2.94. The third kappa shape index (κ3) is 4.57. The molecule has 0 saturated carbocycles. The number of rotatable bonds is 7. The van der Waals surface area contributed by atoms with Gasteiger partial charge in [0.1, 0.15) is 0 Å². The fourth-order valence-corrected chi connectivity index (χ4v) is 3.01. The highest BCUT2D eigenvalue weighted by atomic mass is 32.2. The van der Waals surface area contributed by atoms with Crippen molar-refractivity contribution in [2.24, 2.45) is 5.10 Å². The molecule has 0 heterocycles. The van der Waals surface area contributed by atoms with Crippen molar-refractivity contribution in [2.45, 2.75) is 25.7 Å². The predicted molar refractivity (Wildman–Crippen MR) is 98.1 cm³/mol. The van der Waals surface area contributed by atoms with Crippen molar-refractivity contribution in [3.05, 3.63) is 63.2 Å². The molecular formula is C17H19N3O5S. The molecule has 0 spiro atoms. The summed E-state index contributed by atoms with van der Waals surface area (Å²) in [5, 5.41) is 14.8. The summed E-state index contributed by atoms with van der Waals surface area (Å²) in [6.07, 6.45) is 1.20. The van der Waals surface area contributed by atoms with Crippen LogP contribution in [0.2, 0.25) is 0 Å². The van der Waals surface area contributed by atoms with Gasteiger partial charge in [0.2, 0.25) is 0 Å². The second kappa shape index (κ2) is 7.96. The molecule has 0 aliphatic carbocycles. The zero-order valence-electron chi connectivity index (χ0n) is 14.6. The Morgan fingerprint density at radius 1 is 1.19 bits per heavy atom. The van der Waals surface area contributed by atoms with E-state index in [0.29, 0.717) is 12.2 Å². The fraction of sp³-hybridized carbons (Fsp3) is 0.235. The maximum absolute atomic E-state index is 12.2. The number of hydrogen-bond acceptors (Lipinski definition) is 6. The van der Waals surface area contributed by atoms with Crippen LogP contribution in [0.25, 0.3) is 0 Å². The number of nitrogens with one attached hydrogen (secondary N) is 1. The van der Waals surface area contributed by atoms with Gasteiger partial charge in [-0.05, 0) is 56.2 Å². The number of nitro groups is 1. The molecule has 0 aliphatic heterocycles. The molecular weight excluding hydrogens is 358 g/mol. The molecule has 0 atom stereocenters. The molecule has 0 radical (unpaired) electrons. The Balaban J connectivity index is 2.20. The lowest BCUT2D eigenvalue weighted by Gasteiger charge is -2.06. The number of sulfonamides is 1. The Morgan fingerprint density at radius 2 is 1.92 bits per heavy atom. The lowest BCUT2D eigenvalue weighted by molar-refractivity contribution is -0.385. The van der Waals surface area contributed by atoms with Crippen molar-refractivity contribution < 1.29 is 18.1 Å². The van der Waals surface area contributed by atoms with Crippen LogP contribution < -0.4 is 9.57 Å². The van der Waals surface area contributed by atoms with Gasteiger partial charge >= 0.3 is 5.69 Å². The number of nitrogens with zero attached hydrogens (tertiary/aromatic N) is 2. The lowest BCUT2D eigenvalue weighted by Crippen LogP contribution is -2.18.